The van der Waals surface area contributed by atoms with E-state index in [-0.39, 0.29) is 11.9 Å². The smallest absolute Gasteiger partial charge is 0.257 e. The normalized spacial score (nSPS) is 18.7. The van der Waals surface area contributed by atoms with Crippen molar-refractivity contribution in [3.8, 4) is 0 Å². The molecule has 1 aliphatic heterocycles. The monoisotopic (exact) mass is 269 g/mol. The largest absolute Gasteiger partial charge is 0.306 e. The van der Waals surface area contributed by atoms with E-state index in [4.69, 9.17) is 0 Å². The van der Waals surface area contributed by atoms with Crippen LogP contribution in [0.15, 0.2) is 35.7 Å². The van der Waals surface area contributed by atoms with E-state index in [1.165, 1.54) is 0 Å². The number of aromatic nitrogens is 2. The summed E-state index contributed by atoms with van der Waals surface area (Å²) in [5, 5.41) is 7.13. The van der Waals surface area contributed by atoms with Gasteiger partial charge in [-0.1, -0.05) is 12.1 Å². The molecular weight excluding hydrogens is 254 g/mol. The van der Waals surface area contributed by atoms with Gasteiger partial charge in [-0.05, 0) is 25.5 Å². The highest BCUT2D eigenvalue weighted by atomic mass is 16.2. The van der Waals surface area contributed by atoms with E-state index in [1.807, 2.05) is 18.2 Å². The Balaban J connectivity index is 1.72. The number of rotatable bonds is 3. The highest BCUT2D eigenvalue weighted by Gasteiger charge is 2.21. The number of carbonyl (C=O) groups excluding carboxylic acids is 1. The van der Waals surface area contributed by atoms with E-state index in [9.17, 15) is 4.79 Å². The van der Waals surface area contributed by atoms with Gasteiger partial charge in [0.2, 0.25) is 0 Å². The topological polar surface area (TPSA) is 79.3 Å². The minimum atomic E-state index is -0.126. The summed E-state index contributed by atoms with van der Waals surface area (Å²) in [7, 11) is 0. The number of benzene rings is 1. The molecule has 6 nitrogen and oxygen atoms in total. The molecule has 102 valence electrons. The van der Waals surface area contributed by atoms with Gasteiger partial charge in [-0.25, -0.2) is 5.43 Å². The van der Waals surface area contributed by atoms with Crippen molar-refractivity contribution in [3.05, 3.63) is 36.2 Å². The van der Waals surface area contributed by atoms with E-state index in [0.29, 0.717) is 0 Å². The van der Waals surface area contributed by atoms with Crippen molar-refractivity contribution in [1.82, 2.24) is 20.7 Å². The lowest BCUT2D eigenvalue weighted by Crippen LogP contribution is -2.38. The van der Waals surface area contributed by atoms with Crippen LogP contribution in [0.2, 0.25) is 0 Å². The number of hydrazone groups is 1. The standard InChI is InChI=1S/C14H15N5O/c20-14(12-5-2-6-15-12)19-18-9-10-3-1-4-11-13(10)17-8-7-16-11/h1,3-4,7-9,12,15H,2,5-6H2,(H,19,20)/t12-/m0/s1. The Bertz CT molecular complexity index is 644. The first kappa shape index (κ1) is 12.7. The SMILES string of the molecule is O=C(NN=Cc1cccc2nccnc12)[C@@H]1CCCN1. The maximum atomic E-state index is 11.8. The molecule has 1 aromatic heterocycles. The number of para-hydroxylation sites is 1. The lowest BCUT2D eigenvalue weighted by atomic mass is 10.2. The van der Waals surface area contributed by atoms with Crippen molar-refractivity contribution >= 4 is 23.2 Å². The van der Waals surface area contributed by atoms with Gasteiger partial charge in [-0.3, -0.25) is 14.8 Å². The molecule has 0 aliphatic carbocycles. The molecule has 0 saturated carbocycles. The quantitative estimate of drug-likeness (QED) is 0.639. The summed E-state index contributed by atoms with van der Waals surface area (Å²) in [6, 6.07) is 5.54. The zero-order valence-corrected chi connectivity index (χ0v) is 10.9. The third-order valence-electron chi connectivity index (χ3n) is 3.29. The molecule has 6 heteroatoms. The van der Waals surface area contributed by atoms with Crippen molar-refractivity contribution < 1.29 is 4.79 Å². The predicted octanol–water partition coefficient (Wildman–Crippen LogP) is 0.832. The Labute approximate surface area is 116 Å². The van der Waals surface area contributed by atoms with Gasteiger partial charge in [0.05, 0.1) is 23.3 Å². The van der Waals surface area contributed by atoms with Gasteiger partial charge in [-0.2, -0.15) is 5.10 Å². The van der Waals surface area contributed by atoms with E-state index >= 15 is 0 Å². The minimum absolute atomic E-state index is 0.0925. The number of nitrogens with one attached hydrogen (secondary N) is 2. The molecule has 1 atom stereocenters. The first-order valence-corrected chi connectivity index (χ1v) is 6.60. The molecule has 0 radical (unpaired) electrons. The molecule has 2 N–H and O–H groups in total. The molecule has 3 rings (SSSR count). The van der Waals surface area contributed by atoms with E-state index < -0.39 is 0 Å². The van der Waals surface area contributed by atoms with Crippen molar-refractivity contribution in [2.45, 2.75) is 18.9 Å². The molecule has 1 amide bonds. The molecule has 20 heavy (non-hydrogen) atoms. The second kappa shape index (κ2) is 5.75. The van der Waals surface area contributed by atoms with Crippen LogP contribution in [0.1, 0.15) is 18.4 Å². The number of hydrogen-bond donors (Lipinski definition) is 2. The van der Waals surface area contributed by atoms with Gasteiger partial charge in [0.15, 0.2) is 0 Å². The highest BCUT2D eigenvalue weighted by molar-refractivity contribution is 5.96. The summed E-state index contributed by atoms with van der Waals surface area (Å²) in [4.78, 5) is 20.3. The van der Waals surface area contributed by atoms with Crippen molar-refractivity contribution in [2.24, 2.45) is 5.10 Å². The Morgan fingerprint density at radius 2 is 2.30 bits per heavy atom. The number of carbonyl (C=O) groups is 1. The second-order valence-electron chi connectivity index (χ2n) is 4.65. The molecule has 1 aliphatic rings. The van der Waals surface area contributed by atoms with Crippen LogP contribution < -0.4 is 10.7 Å². The predicted molar refractivity (Wildman–Crippen MR) is 76.3 cm³/mol. The number of nitrogens with zero attached hydrogens (tertiary/aromatic N) is 3. The van der Waals surface area contributed by atoms with Gasteiger partial charge in [0.1, 0.15) is 0 Å². The number of amides is 1. The summed E-state index contributed by atoms with van der Waals surface area (Å²) >= 11 is 0. The summed E-state index contributed by atoms with van der Waals surface area (Å²) in [6.45, 7) is 0.890. The molecule has 0 bridgehead atoms. The summed E-state index contributed by atoms with van der Waals surface area (Å²) in [6.07, 6.45) is 6.78. The highest BCUT2D eigenvalue weighted by Crippen LogP contribution is 2.11. The second-order valence-corrected chi connectivity index (χ2v) is 4.65. The third-order valence-corrected chi connectivity index (χ3v) is 3.29. The fourth-order valence-corrected chi connectivity index (χ4v) is 2.27. The Hall–Kier alpha value is -2.34. The van der Waals surface area contributed by atoms with Gasteiger partial charge in [-0.15, -0.1) is 0 Å². The maximum absolute atomic E-state index is 11.8. The fourth-order valence-electron chi connectivity index (χ4n) is 2.27. The van der Waals surface area contributed by atoms with Crippen molar-refractivity contribution in [1.29, 1.82) is 0 Å². The number of fused-ring (bicyclic) bond motifs is 1. The summed E-state index contributed by atoms with van der Waals surface area (Å²) in [5.41, 5.74) is 4.96. The molecule has 0 unspecified atom stereocenters. The van der Waals surface area contributed by atoms with Crippen LogP contribution in [0.4, 0.5) is 0 Å². The van der Waals surface area contributed by atoms with Crippen LogP contribution in [0.25, 0.3) is 11.0 Å². The molecule has 0 spiro atoms. The fraction of sp³-hybridized carbons (Fsp3) is 0.286. The van der Waals surface area contributed by atoms with Crippen LogP contribution in [-0.2, 0) is 4.79 Å². The van der Waals surface area contributed by atoms with E-state index in [2.05, 4.69) is 25.8 Å². The Morgan fingerprint density at radius 1 is 1.40 bits per heavy atom. The van der Waals surface area contributed by atoms with Crippen molar-refractivity contribution in [2.75, 3.05) is 6.54 Å². The van der Waals surface area contributed by atoms with Crippen LogP contribution in [0.3, 0.4) is 0 Å². The first-order valence-electron chi connectivity index (χ1n) is 6.60. The molecular formula is C14H15N5O. The number of hydrogen-bond acceptors (Lipinski definition) is 5. The first-order chi connectivity index (χ1) is 9.84. The van der Waals surface area contributed by atoms with Crippen molar-refractivity contribution in [3.63, 3.8) is 0 Å². The Morgan fingerprint density at radius 3 is 3.15 bits per heavy atom. The molecule has 2 aromatic rings. The van der Waals surface area contributed by atoms with Crippen LogP contribution >= 0.6 is 0 Å². The molecule has 1 fully saturated rings. The Kier molecular flexibility index (Phi) is 3.64. The van der Waals surface area contributed by atoms with Gasteiger partial charge < -0.3 is 5.32 Å². The average Bonchev–Trinajstić information content (AvgIpc) is 3.02. The van der Waals surface area contributed by atoms with Gasteiger partial charge in [0.25, 0.3) is 5.91 Å². The summed E-state index contributed by atoms with van der Waals surface area (Å²) < 4.78 is 0. The average molecular weight is 269 g/mol. The zero-order valence-electron chi connectivity index (χ0n) is 10.9. The maximum Gasteiger partial charge on any atom is 0.257 e. The lowest BCUT2D eigenvalue weighted by Gasteiger charge is -2.06. The summed E-state index contributed by atoms with van der Waals surface area (Å²) in [5.74, 6) is -0.0925. The minimum Gasteiger partial charge on any atom is -0.306 e. The molecule has 1 saturated heterocycles. The van der Waals surface area contributed by atoms with Crippen LogP contribution in [0.5, 0.6) is 0 Å². The van der Waals surface area contributed by atoms with Crippen LogP contribution in [0, 0.1) is 0 Å². The van der Waals surface area contributed by atoms with Crippen LogP contribution in [-0.4, -0.2) is 34.7 Å². The zero-order chi connectivity index (χ0) is 13.8. The lowest BCUT2D eigenvalue weighted by molar-refractivity contribution is -0.122. The third kappa shape index (κ3) is 2.65. The van der Waals surface area contributed by atoms with Gasteiger partial charge >= 0.3 is 0 Å². The van der Waals surface area contributed by atoms with Gasteiger partial charge in [0, 0.05) is 18.0 Å². The van der Waals surface area contributed by atoms with E-state index in [0.717, 1.165) is 36.0 Å². The molecule has 1 aromatic carbocycles. The molecule has 2 heterocycles. The van der Waals surface area contributed by atoms with E-state index in [1.54, 1.807) is 18.6 Å².